The number of amides is 3. The van der Waals surface area contributed by atoms with Gasteiger partial charge in [-0.05, 0) is 36.0 Å². The summed E-state index contributed by atoms with van der Waals surface area (Å²) in [5, 5.41) is 18.0. The molecule has 0 aliphatic heterocycles. The minimum Gasteiger partial charge on any atom is -0.480 e. The first-order valence-electron chi connectivity index (χ1n) is 11.0. The van der Waals surface area contributed by atoms with Gasteiger partial charge < -0.3 is 31.8 Å². The van der Waals surface area contributed by atoms with Crippen molar-refractivity contribution in [3.8, 4) is 0 Å². The van der Waals surface area contributed by atoms with E-state index in [1.165, 1.54) is 0 Å². The second-order valence-electron chi connectivity index (χ2n) is 8.36. The molecule has 34 heavy (non-hydrogen) atoms. The largest absolute Gasteiger partial charge is 0.480 e. The number of nitrogens with two attached hydrogens (primary N) is 1. The molecule has 0 radical (unpaired) electrons. The fraction of sp³-hybridized carbons (Fsp3) is 0.478. The number of H-pyrrole nitrogens is 1. The zero-order chi connectivity index (χ0) is 25.3. The number of hydrogen-bond acceptors (Lipinski definition) is 6. The maximum Gasteiger partial charge on any atom is 0.326 e. The number of fused-ring (bicyclic) bond motifs is 1. The topological polar surface area (TPSA) is 166 Å². The van der Waals surface area contributed by atoms with Crippen LogP contribution in [-0.4, -0.2) is 70.5 Å². The molecule has 1 aromatic heterocycles. The summed E-state index contributed by atoms with van der Waals surface area (Å²) >= 11 is 1.57. The van der Waals surface area contributed by atoms with Crippen LogP contribution in [0.25, 0.3) is 10.9 Å². The SMILES string of the molecule is CSCCC(N)C(=O)NCC(=O)NC(Cc1c[nH]c2ccccc12)C(=O)NC(C(=O)O)C(C)C. The van der Waals surface area contributed by atoms with Crippen LogP contribution in [0.4, 0.5) is 0 Å². The minimum atomic E-state index is -1.16. The summed E-state index contributed by atoms with van der Waals surface area (Å²) in [6, 6.07) is 4.64. The fourth-order valence-corrected chi connectivity index (χ4v) is 3.91. The van der Waals surface area contributed by atoms with E-state index in [0.717, 1.165) is 16.5 Å². The molecule has 3 unspecified atom stereocenters. The molecular formula is C23H33N5O5S. The molecule has 0 saturated heterocycles. The van der Waals surface area contributed by atoms with Crippen molar-refractivity contribution in [2.75, 3.05) is 18.6 Å². The number of aliphatic carboxylic acids is 1. The number of hydrogen-bond donors (Lipinski definition) is 6. The van der Waals surface area contributed by atoms with Crippen molar-refractivity contribution >= 4 is 46.4 Å². The normalized spacial score (nSPS) is 13.8. The van der Waals surface area contributed by atoms with Crippen LogP contribution in [0, 0.1) is 5.92 Å². The molecule has 0 bridgehead atoms. The zero-order valence-electron chi connectivity index (χ0n) is 19.6. The predicted molar refractivity (Wildman–Crippen MR) is 132 cm³/mol. The molecule has 0 fully saturated rings. The molecule has 10 nitrogen and oxygen atoms in total. The number of carbonyl (C=O) groups is 4. The summed E-state index contributed by atoms with van der Waals surface area (Å²) < 4.78 is 0. The Morgan fingerprint density at radius 2 is 1.82 bits per heavy atom. The number of nitrogens with one attached hydrogen (secondary N) is 4. The van der Waals surface area contributed by atoms with Crippen LogP contribution in [-0.2, 0) is 25.6 Å². The highest BCUT2D eigenvalue weighted by atomic mass is 32.2. The van der Waals surface area contributed by atoms with Crippen molar-refractivity contribution in [1.29, 1.82) is 0 Å². The molecule has 7 N–H and O–H groups in total. The summed E-state index contributed by atoms with van der Waals surface area (Å²) in [6.07, 6.45) is 4.27. The maximum atomic E-state index is 13.0. The quantitative estimate of drug-likeness (QED) is 0.239. The van der Waals surface area contributed by atoms with Crippen LogP contribution in [0.2, 0.25) is 0 Å². The Balaban J connectivity index is 2.13. The van der Waals surface area contributed by atoms with Gasteiger partial charge in [0.05, 0.1) is 12.6 Å². The smallest absolute Gasteiger partial charge is 0.326 e. The number of benzene rings is 1. The fourth-order valence-electron chi connectivity index (χ4n) is 3.42. The third-order valence-corrected chi connectivity index (χ3v) is 6.02. The third kappa shape index (κ3) is 7.77. The molecule has 0 aliphatic carbocycles. The van der Waals surface area contributed by atoms with E-state index < -0.39 is 41.8 Å². The summed E-state index contributed by atoms with van der Waals surface area (Å²) in [7, 11) is 0. The Hall–Kier alpha value is -3.05. The summed E-state index contributed by atoms with van der Waals surface area (Å²) in [4.78, 5) is 52.4. The number of rotatable bonds is 13. The lowest BCUT2D eigenvalue weighted by Crippen LogP contribution is -2.55. The van der Waals surface area contributed by atoms with Gasteiger partial charge >= 0.3 is 5.97 Å². The Kier molecular flexibility index (Phi) is 10.4. The van der Waals surface area contributed by atoms with Crippen molar-refractivity contribution in [3.05, 3.63) is 36.0 Å². The molecular weight excluding hydrogens is 458 g/mol. The first-order chi connectivity index (χ1) is 16.1. The van der Waals surface area contributed by atoms with Crippen molar-refractivity contribution in [2.45, 2.75) is 44.8 Å². The Morgan fingerprint density at radius 3 is 2.47 bits per heavy atom. The number of carboxylic acid groups (broad SMARTS) is 1. The van der Waals surface area contributed by atoms with Gasteiger partial charge in [-0.3, -0.25) is 14.4 Å². The van der Waals surface area contributed by atoms with Gasteiger partial charge in [0.25, 0.3) is 0 Å². The Bertz CT molecular complexity index is 1010. The molecule has 2 aromatic rings. The molecule has 2 rings (SSSR count). The van der Waals surface area contributed by atoms with E-state index in [-0.39, 0.29) is 18.9 Å². The molecule has 186 valence electrons. The number of aromatic nitrogens is 1. The highest BCUT2D eigenvalue weighted by Gasteiger charge is 2.29. The van der Waals surface area contributed by atoms with E-state index in [1.807, 2.05) is 30.5 Å². The van der Waals surface area contributed by atoms with E-state index >= 15 is 0 Å². The number of thioether (sulfide) groups is 1. The van der Waals surface area contributed by atoms with Crippen molar-refractivity contribution in [2.24, 2.45) is 11.7 Å². The van der Waals surface area contributed by atoms with E-state index in [4.69, 9.17) is 5.73 Å². The van der Waals surface area contributed by atoms with Gasteiger partial charge in [-0.15, -0.1) is 0 Å². The van der Waals surface area contributed by atoms with Gasteiger partial charge in [0, 0.05) is 23.5 Å². The highest BCUT2D eigenvalue weighted by Crippen LogP contribution is 2.19. The molecule has 11 heteroatoms. The number of carboxylic acids is 1. The average Bonchev–Trinajstić information content (AvgIpc) is 3.21. The Labute approximate surface area is 202 Å². The average molecular weight is 492 g/mol. The summed E-state index contributed by atoms with van der Waals surface area (Å²) in [5.74, 6) is -2.45. The van der Waals surface area contributed by atoms with Crippen LogP contribution in [0.3, 0.4) is 0 Å². The number of carbonyl (C=O) groups excluding carboxylic acids is 3. The Morgan fingerprint density at radius 1 is 1.12 bits per heavy atom. The van der Waals surface area contributed by atoms with Gasteiger partial charge in [-0.1, -0.05) is 32.0 Å². The van der Waals surface area contributed by atoms with Crippen molar-refractivity contribution in [1.82, 2.24) is 20.9 Å². The second-order valence-corrected chi connectivity index (χ2v) is 9.34. The lowest BCUT2D eigenvalue weighted by atomic mass is 10.0. The van der Waals surface area contributed by atoms with Gasteiger partial charge in [-0.25, -0.2) is 4.79 Å². The standard InChI is InChI=1S/C23H33N5O5S/c1-13(2)20(23(32)33)28-22(31)18(10-14-11-25-17-7-5-4-6-15(14)17)27-19(29)12-26-21(30)16(24)8-9-34-3/h4-7,11,13,16,18,20,25H,8-10,12,24H2,1-3H3,(H,26,30)(H,27,29)(H,28,31)(H,32,33). The van der Waals surface area contributed by atoms with Gasteiger partial charge in [0.15, 0.2) is 0 Å². The molecule has 3 amide bonds. The lowest BCUT2D eigenvalue weighted by Gasteiger charge is -2.23. The van der Waals surface area contributed by atoms with E-state index in [2.05, 4.69) is 20.9 Å². The number of aromatic amines is 1. The monoisotopic (exact) mass is 491 g/mol. The molecule has 0 saturated carbocycles. The summed E-state index contributed by atoms with van der Waals surface area (Å²) in [6.45, 7) is 3.01. The first-order valence-corrected chi connectivity index (χ1v) is 12.4. The highest BCUT2D eigenvalue weighted by molar-refractivity contribution is 7.98. The van der Waals surface area contributed by atoms with Crippen molar-refractivity contribution < 1.29 is 24.3 Å². The van der Waals surface area contributed by atoms with E-state index in [9.17, 15) is 24.3 Å². The molecule has 0 spiro atoms. The van der Waals surface area contributed by atoms with Crippen LogP contribution in [0.1, 0.15) is 25.8 Å². The lowest BCUT2D eigenvalue weighted by molar-refractivity contribution is -0.143. The van der Waals surface area contributed by atoms with Crippen LogP contribution in [0.15, 0.2) is 30.5 Å². The third-order valence-electron chi connectivity index (χ3n) is 5.37. The summed E-state index contributed by atoms with van der Waals surface area (Å²) in [5.41, 5.74) is 7.48. The molecule has 1 heterocycles. The van der Waals surface area contributed by atoms with Crippen LogP contribution >= 0.6 is 11.8 Å². The first kappa shape index (κ1) is 27.2. The molecule has 1 aromatic carbocycles. The molecule has 0 aliphatic rings. The van der Waals surface area contributed by atoms with Gasteiger partial charge in [0.2, 0.25) is 17.7 Å². The van der Waals surface area contributed by atoms with Gasteiger partial charge in [0.1, 0.15) is 12.1 Å². The van der Waals surface area contributed by atoms with Crippen LogP contribution < -0.4 is 21.7 Å². The van der Waals surface area contributed by atoms with Crippen LogP contribution in [0.5, 0.6) is 0 Å². The maximum absolute atomic E-state index is 13.0. The van der Waals surface area contributed by atoms with E-state index in [0.29, 0.717) is 12.2 Å². The van der Waals surface area contributed by atoms with Gasteiger partial charge in [-0.2, -0.15) is 11.8 Å². The van der Waals surface area contributed by atoms with E-state index in [1.54, 1.807) is 31.8 Å². The molecule has 3 atom stereocenters. The second kappa shape index (κ2) is 13.0. The zero-order valence-corrected chi connectivity index (χ0v) is 20.4. The predicted octanol–water partition coefficient (Wildman–Crippen LogP) is 0.617. The van der Waals surface area contributed by atoms with Crippen molar-refractivity contribution in [3.63, 3.8) is 0 Å². The number of para-hydroxylation sites is 1. The minimum absolute atomic E-state index is 0.132.